The van der Waals surface area contributed by atoms with Crippen LogP contribution in [0, 0.1) is 13.8 Å². The van der Waals surface area contributed by atoms with E-state index >= 15 is 0 Å². The molecule has 352 valence electrons. The molecule has 62 heavy (non-hydrogen) atoms. The van der Waals surface area contributed by atoms with Gasteiger partial charge in [0.1, 0.15) is 31.3 Å². The number of allylic oxidation sites excluding steroid dienone is 10. The number of carbonyl (C=O) groups excluding carboxylic acids is 2. The van der Waals surface area contributed by atoms with E-state index < -0.39 is 38.6 Å². The summed E-state index contributed by atoms with van der Waals surface area (Å²) in [5, 5.41) is 9.86. The van der Waals surface area contributed by atoms with Gasteiger partial charge in [-0.2, -0.15) is 0 Å². The fourth-order valence-electron chi connectivity index (χ4n) is 6.12. The van der Waals surface area contributed by atoms with Gasteiger partial charge in [-0.25, -0.2) is 0 Å². The first-order valence-electron chi connectivity index (χ1n) is 23.1. The number of esters is 2. The molecule has 0 aromatic carbocycles. The Bertz CT molecular complexity index is 1580. The number of nitrogens with zero attached hydrogens (tertiary/aromatic N) is 1. The van der Waals surface area contributed by atoms with Crippen molar-refractivity contribution in [1.82, 2.24) is 0 Å². The third-order valence-electron chi connectivity index (χ3n) is 10.0. The van der Waals surface area contributed by atoms with Crippen LogP contribution in [-0.4, -0.2) is 81.2 Å². The summed E-state index contributed by atoms with van der Waals surface area (Å²) < 4.78 is 40.1. The highest BCUT2D eigenvalue weighted by atomic mass is 31.2. The number of carbonyl (C=O) groups is 2. The number of ether oxygens (including phenoxy) is 2. The molecule has 11 nitrogen and oxygen atoms in total. The highest BCUT2D eigenvalue weighted by Gasteiger charge is 2.22. The van der Waals surface area contributed by atoms with E-state index in [0.717, 1.165) is 75.7 Å². The molecule has 1 aromatic heterocycles. The molecule has 0 radical (unpaired) electrons. The zero-order valence-electron chi connectivity index (χ0n) is 39.4. The van der Waals surface area contributed by atoms with E-state index in [1.807, 2.05) is 69.8 Å². The van der Waals surface area contributed by atoms with E-state index in [0.29, 0.717) is 36.7 Å². The van der Waals surface area contributed by atoms with E-state index in [4.69, 9.17) is 22.9 Å². The molecule has 0 aliphatic carbocycles. The minimum atomic E-state index is -4.68. The van der Waals surface area contributed by atoms with Gasteiger partial charge in [-0.3, -0.25) is 14.2 Å². The van der Waals surface area contributed by atoms with Crippen molar-refractivity contribution in [3.8, 4) is 0 Å². The van der Waals surface area contributed by atoms with Crippen LogP contribution >= 0.6 is 7.82 Å². The fourth-order valence-corrected chi connectivity index (χ4v) is 6.85. The minimum absolute atomic E-state index is 0.0636. The summed E-state index contributed by atoms with van der Waals surface area (Å²) >= 11 is 0. The van der Waals surface area contributed by atoms with Crippen LogP contribution in [0.3, 0.4) is 0 Å². The van der Waals surface area contributed by atoms with E-state index in [-0.39, 0.29) is 26.1 Å². The number of aryl methyl sites for hydroxylation is 2. The van der Waals surface area contributed by atoms with Gasteiger partial charge in [0.05, 0.1) is 33.9 Å². The molecule has 0 aliphatic heterocycles. The smallest absolute Gasteiger partial charge is 0.306 e. The van der Waals surface area contributed by atoms with Gasteiger partial charge >= 0.3 is 11.9 Å². The number of quaternary nitrogens is 1. The Morgan fingerprint density at radius 3 is 1.95 bits per heavy atom. The molecule has 0 amide bonds. The van der Waals surface area contributed by atoms with Crippen LogP contribution in [0.25, 0.3) is 0 Å². The highest BCUT2D eigenvalue weighted by molar-refractivity contribution is 7.45. The molecule has 0 saturated heterocycles. The zero-order valence-corrected chi connectivity index (χ0v) is 40.3. The summed E-state index contributed by atoms with van der Waals surface area (Å²) in [6, 6.07) is 0. The second-order valence-corrected chi connectivity index (χ2v) is 18.2. The van der Waals surface area contributed by atoms with Crippen molar-refractivity contribution in [2.75, 3.05) is 47.5 Å². The summed E-state index contributed by atoms with van der Waals surface area (Å²) in [5.74, 6) is 1.27. The van der Waals surface area contributed by atoms with Gasteiger partial charge in [-0.05, 0) is 82.8 Å². The number of phosphoric ester groups is 1. The number of rotatable bonds is 37. The van der Waals surface area contributed by atoms with Crippen molar-refractivity contribution in [1.29, 1.82) is 0 Å². The molecule has 2 unspecified atom stereocenters. The first kappa shape index (κ1) is 56.7. The van der Waals surface area contributed by atoms with E-state index in [9.17, 15) is 24.2 Å². The van der Waals surface area contributed by atoms with E-state index in [2.05, 4.69) is 45.9 Å². The largest absolute Gasteiger partial charge is 0.756 e. The van der Waals surface area contributed by atoms with Gasteiger partial charge < -0.3 is 37.4 Å². The number of unbranched alkanes of at least 4 members (excludes halogenated alkanes) is 7. The predicted molar refractivity (Wildman–Crippen MR) is 250 cm³/mol. The summed E-state index contributed by atoms with van der Waals surface area (Å²) in [4.78, 5) is 37.7. The summed E-state index contributed by atoms with van der Waals surface area (Å²) in [6.07, 6.45) is 38.3. The lowest BCUT2D eigenvalue weighted by Gasteiger charge is -2.28. The number of furan rings is 1. The average molecular weight is 888 g/mol. The molecule has 1 rings (SSSR count). The van der Waals surface area contributed by atoms with Crippen molar-refractivity contribution >= 4 is 19.8 Å². The van der Waals surface area contributed by atoms with Crippen LogP contribution in [0.2, 0.25) is 0 Å². The third-order valence-corrected chi connectivity index (χ3v) is 11.0. The van der Waals surface area contributed by atoms with Crippen LogP contribution in [-0.2, 0) is 45.5 Å². The second kappa shape index (κ2) is 35.1. The topological polar surface area (TPSA) is 145 Å². The van der Waals surface area contributed by atoms with Gasteiger partial charge in [-0.15, -0.1) is 0 Å². The molecule has 0 bridgehead atoms. The normalized spacial score (nSPS) is 14.7. The van der Waals surface area contributed by atoms with E-state index in [1.165, 1.54) is 30.4 Å². The van der Waals surface area contributed by atoms with Crippen LogP contribution in [0.15, 0.2) is 77.3 Å². The molecule has 1 aromatic rings. The van der Waals surface area contributed by atoms with Crippen molar-refractivity contribution < 1.29 is 51.6 Å². The average Bonchev–Trinajstić information content (AvgIpc) is 3.48. The van der Waals surface area contributed by atoms with Gasteiger partial charge in [0.25, 0.3) is 7.82 Å². The fraction of sp³-hybridized carbons (Fsp3) is 0.640. The highest BCUT2D eigenvalue weighted by Crippen LogP contribution is 2.38. The van der Waals surface area contributed by atoms with Crippen molar-refractivity contribution in [3.05, 3.63) is 95.6 Å². The van der Waals surface area contributed by atoms with Gasteiger partial charge in [0.15, 0.2) is 6.10 Å². The molecule has 1 heterocycles. The first-order chi connectivity index (χ1) is 29.7. The van der Waals surface area contributed by atoms with Crippen LogP contribution in [0.4, 0.5) is 0 Å². The lowest BCUT2D eigenvalue weighted by Crippen LogP contribution is -2.37. The van der Waals surface area contributed by atoms with Gasteiger partial charge in [0, 0.05) is 25.7 Å². The minimum Gasteiger partial charge on any atom is -0.756 e. The van der Waals surface area contributed by atoms with E-state index in [1.54, 1.807) is 6.08 Å². The Kier molecular flexibility index (Phi) is 32.1. The standard InChI is InChI=1S/C50H82NO10P/c1-8-10-27-33-45(52)34-29-23-19-17-15-13-12-14-16-18-20-26-32-38-50(54)60-46(42-59-62(55,56)58-40-39-51(5,6)7)41-57-49(53)37-31-25-22-21-24-30-36-48-44(4)43(3)47(61-48)35-28-11-9-2/h10,13-16,19-20,23,26-27,29,34,45-46,52H,8-9,11-12,17-18,21-22,24-25,28,30-33,35-42H2,1-7H3/b15-13-,16-14-,23-19+,26-20-,27-10-,34-29+/t45?,46-/m1/s1. The summed E-state index contributed by atoms with van der Waals surface area (Å²) in [6.45, 7) is 8.14. The second-order valence-electron chi connectivity index (χ2n) is 16.8. The maximum Gasteiger partial charge on any atom is 0.306 e. The molecule has 1 N–H and O–H groups in total. The molecule has 0 saturated carbocycles. The number of phosphoric acid groups is 1. The Morgan fingerprint density at radius 2 is 1.32 bits per heavy atom. The van der Waals surface area contributed by atoms with Crippen molar-refractivity contribution in [2.24, 2.45) is 0 Å². The first-order valence-corrected chi connectivity index (χ1v) is 24.6. The van der Waals surface area contributed by atoms with Crippen molar-refractivity contribution in [3.63, 3.8) is 0 Å². The van der Waals surface area contributed by atoms with Crippen LogP contribution < -0.4 is 4.89 Å². The number of hydrogen-bond acceptors (Lipinski definition) is 10. The Labute approximate surface area is 375 Å². The third kappa shape index (κ3) is 31.5. The Morgan fingerprint density at radius 1 is 0.726 bits per heavy atom. The number of aliphatic hydroxyl groups excluding tert-OH is 1. The lowest BCUT2D eigenvalue weighted by atomic mass is 10.0. The molecule has 0 fully saturated rings. The monoisotopic (exact) mass is 888 g/mol. The molecule has 12 heteroatoms. The van der Waals surface area contributed by atoms with Gasteiger partial charge in [-0.1, -0.05) is 125 Å². The predicted octanol–water partition coefficient (Wildman–Crippen LogP) is 11.0. The molecule has 0 aliphatic rings. The quantitative estimate of drug-likeness (QED) is 0.0171. The van der Waals surface area contributed by atoms with Crippen LogP contribution in [0.5, 0.6) is 0 Å². The Hall–Kier alpha value is -3.31. The molecule has 0 spiro atoms. The van der Waals surface area contributed by atoms with Crippen molar-refractivity contribution in [2.45, 2.75) is 162 Å². The molecular formula is C50H82NO10P. The van der Waals surface area contributed by atoms with Crippen LogP contribution in [0.1, 0.15) is 146 Å². The number of likely N-dealkylation sites (N-methyl/N-ethyl adjacent to an activating group) is 1. The summed E-state index contributed by atoms with van der Waals surface area (Å²) in [5.41, 5.74) is 2.59. The molecule has 3 atom stereocenters. The number of hydrogen-bond donors (Lipinski definition) is 1. The lowest BCUT2D eigenvalue weighted by molar-refractivity contribution is -0.870. The molecular weight excluding hydrogens is 806 g/mol. The Balaban J connectivity index is 2.44. The zero-order chi connectivity index (χ0) is 45.9. The maximum atomic E-state index is 12.7. The number of aliphatic hydroxyl groups is 1. The van der Waals surface area contributed by atoms with Gasteiger partial charge in [0.2, 0.25) is 0 Å². The SMILES string of the molecule is CC/C=C\CC(O)/C=C/C=C/C/C=C\C/C=C\C/C=C\CCC(=O)O[C@H](COC(=O)CCCCCCCCc1oc(CCCCC)c(C)c1C)COP(=O)([O-])OCC[N+](C)(C)C. The summed E-state index contributed by atoms with van der Waals surface area (Å²) in [7, 11) is 1.06. The maximum absolute atomic E-state index is 12.7.